The topological polar surface area (TPSA) is 88.7 Å². The van der Waals surface area contributed by atoms with Crippen LogP contribution >= 0.6 is 12.2 Å². The molecule has 3 rings (SSSR count). The molecule has 1 aliphatic heterocycles. The summed E-state index contributed by atoms with van der Waals surface area (Å²) in [4.78, 5) is 0.113. The van der Waals surface area contributed by atoms with Crippen molar-refractivity contribution in [3.63, 3.8) is 0 Å². The molecule has 0 aromatic heterocycles. The van der Waals surface area contributed by atoms with Gasteiger partial charge in [0.05, 0.1) is 18.1 Å². The van der Waals surface area contributed by atoms with Gasteiger partial charge in [-0.25, -0.2) is 8.42 Å². The maximum absolute atomic E-state index is 12.7. The Bertz CT molecular complexity index is 915. The van der Waals surface area contributed by atoms with Crippen molar-refractivity contribution in [1.82, 2.24) is 5.32 Å². The summed E-state index contributed by atoms with van der Waals surface area (Å²) in [5, 5.41) is 6.51. The molecule has 0 atom stereocenters. The Labute approximate surface area is 164 Å². The second-order valence-corrected chi connectivity index (χ2v) is 7.92. The zero-order valence-corrected chi connectivity index (χ0v) is 16.5. The lowest BCUT2D eigenvalue weighted by molar-refractivity contribution is 0.297. The fraction of sp³-hybridized carbons (Fsp3) is 0.278. The lowest BCUT2D eigenvalue weighted by Gasteiger charge is -2.12. The first-order valence-corrected chi connectivity index (χ1v) is 10.4. The first kappa shape index (κ1) is 19.2. The van der Waals surface area contributed by atoms with Crippen LogP contribution in [0.15, 0.2) is 47.4 Å². The summed E-state index contributed by atoms with van der Waals surface area (Å²) in [6.45, 7) is 3.72. The predicted molar refractivity (Wildman–Crippen MR) is 109 cm³/mol. The van der Waals surface area contributed by atoms with Crippen molar-refractivity contribution in [3.05, 3.63) is 42.5 Å². The van der Waals surface area contributed by atoms with Crippen LogP contribution < -0.4 is 24.8 Å². The summed E-state index contributed by atoms with van der Waals surface area (Å²) in [7, 11) is -3.75. The van der Waals surface area contributed by atoms with Crippen LogP contribution in [0.4, 0.5) is 11.4 Å². The molecule has 0 radical (unpaired) electrons. The minimum absolute atomic E-state index is 0.113. The standard InChI is InChI=1S/C18H21N3O4S2/c1-2-19-18(26)20-13-4-6-14(7-5-13)21-27(22,23)15-8-9-16-17(12-15)25-11-3-10-24-16/h4-9,12,21H,2-3,10-11H2,1H3,(H2,19,20,26). The van der Waals surface area contributed by atoms with Crippen LogP contribution in [-0.4, -0.2) is 33.3 Å². The quantitative estimate of drug-likeness (QED) is 0.657. The molecule has 1 heterocycles. The van der Waals surface area contributed by atoms with E-state index in [9.17, 15) is 8.42 Å². The monoisotopic (exact) mass is 407 g/mol. The van der Waals surface area contributed by atoms with E-state index in [0.717, 1.165) is 18.7 Å². The van der Waals surface area contributed by atoms with Gasteiger partial charge in [-0.15, -0.1) is 0 Å². The number of hydrogen-bond acceptors (Lipinski definition) is 5. The number of thiocarbonyl (C=S) groups is 1. The molecule has 7 nitrogen and oxygen atoms in total. The highest BCUT2D eigenvalue weighted by Gasteiger charge is 2.19. The van der Waals surface area contributed by atoms with Crippen molar-refractivity contribution in [1.29, 1.82) is 0 Å². The molecule has 2 aromatic carbocycles. The minimum atomic E-state index is -3.75. The Balaban J connectivity index is 1.73. The average Bonchev–Trinajstić information content (AvgIpc) is 2.88. The fourth-order valence-electron chi connectivity index (χ4n) is 2.48. The third kappa shape index (κ3) is 5.01. The molecule has 3 N–H and O–H groups in total. The number of ether oxygens (including phenoxy) is 2. The van der Waals surface area contributed by atoms with E-state index >= 15 is 0 Å². The Morgan fingerprint density at radius 3 is 2.41 bits per heavy atom. The summed E-state index contributed by atoms with van der Waals surface area (Å²) in [6.07, 6.45) is 0.757. The van der Waals surface area contributed by atoms with Crippen molar-refractivity contribution in [2.45, 2.75) is 18.2 Å². The van der Waals surface area contributed by atoms with Gasteiger partial charge >= 0.3 is 0 Å². The largest absolute Gasteiger partial charge is 0.490 e. The van der Waals surface area contributed by atoms with Crippen molar-refractivity contribution in [3.8, 4) is 11.5 Å². The van der Waals surface area contributed by atoms with Crippen LogP contribution in [0.5, 0.6) is 11.5 Å². The van der Waals surface area contributed by atoms with E-state index < -0.39 is 10.0 Å². The fourth-order valence-corrected chi connectivity index (χ4v) is 3.82. The molecule has 27 heavy (non-hydrogen) atoms. The van der Waals surface area contributed by atoms with Gasteiger partial charge in [-0.2, -0.15) is 0 Å². The highest BCUT2D eigenvalue weighted by Crippen LogP contribution is 2.32. The number of fused-ring (bicyclic) bond motifs is 1. The van der Waals surface area contributed by atoms with Crippen LogP contribution in [0.2, 0.25) is 0 Å². The van der Waals surface area contributed by atoms with Crippen molar-refractivity contribution >= 4 is 38.7 Å². The lowest BCUT2D eigenvalue weighted by Crippen LogP contribution is -2.27. The predicted octanol–water partition coefficient (Wildman–Crippen LogP) is 2.96. The van der Waals surface area contributed by atoms with Gasteiger partial charge in [0.15, 0.2) is 16.6 Å². The molecule has 9 heteroatoms. The molecule has 0 saturated carbocycles. The van der Waals surface area contributed by atoms with Gasteiger partial charge in [-0.3, -0.25) is 4.72 Å². The third-order valence-electron chi connectivity index (χ3n) is 3.76. The Morgan fingerprint density at radius 1 is 1.04 bits per heavy atom. The van der Waals surface area contributed by atoms with Crippen LogP contribution in [0.25, 0.3) is 0 Å². The Hall–Kier alpha value is -2.52. The molecule has 0 unspecified atom stereocenters. The van der Waals surface area contributed by atoms with Gasteiger partial charge in [0.1, 0.15) is 0 Å². The molecule has 2 aromatic rings. The number of hydrogen-bond donors (Lipinski definition) is 3. The lowest BCUT2D eigenvalue weighted by atomic mass is 10.3. The number of sulfonamides is 1. The molecule has 0 fully saturated rings. The van der Waals surface area contributed by atoms with Crippen molar-refractivity contribution in [2.75, 3.05) is 29.8 Å². The average molecular weight is 408 g/mol. The Morgan fingerprint density at radius 2 is 1.70 bits per heavy atom. The summed E-state index contributed by atoms with van der Waals surface area (Å²) in [5.41, 5.74) is 1.21. The van der Waals surface area contributed by atoms with E-state index in [1.807, 2.05) is 6.92 Å². The molecule has 0 bridgehead atoms. The van der Waals surface area contributed by atoms with Gasteiger partial charge in [0.2, 0.25) is 0 Å². The van der Waals surface area contributed by atoms with Gasteiger partial charge in [0.25, 0.3) is 10.0 Å². The summed E-state index contributed by atoms with van der Waals surface area (Å²) in [6, 6.07) is 11.4. The highest BCUT2D eigenvalue weighted by atomic mass is 32.2. The van der Waals surface area contributed by atoms with Crippen LogP contribution in [0, 0.1) is 0 Å². The molecule has 0 spiro atoms. The minimum Gasteiger partial charge on any atom is -0.490 e. The molecule has 0 amide bonds. The van der Waals surface area contributed by atoms with E-state index in [1.165, 1.54) is 12.1 Å². The zero-order valence-electron chi connectivity index (χ0n) is 14.8. The Kier molecular flexibility index (Phi) is 6.02. The molecule has 0 aliphatic carbocycles. The number of nitrogens with one attached hydrogen (secondary N) is 3. The second-order valence-electron chi connectivity index (χ2n) is 5.83. The second kappa shape index (κ2) is 8.45. The van der Waals surface area contributed by atoms with Crippen LogP contribution in [-0.2, 0) is 10.0 Å². The highest BCUT2D eigenvalue weighted by molar-refractivity contribution is 7.92. The molecule has 144 valence electrons. The smallest absolute Gasteiger partial charge is 0.262 e. The van der Waals surface area contributed by atoms with Gasteiger partial charge in [-0.05, 0) is 55.5 Å². The maximum atomic E-state index is 12.7. The zero-order chi connectivity index (χ0) is 19.3. The van der Waals surface area contributed by atoms with E-state index in [4.69, 9.17) is 21.7 Å². The van der Waals surface area contributed by atoms with Gasteiger partial charge < -0.3 is 20.1 Å². The summed E-state index contributed by atoms with van der Waals surface area (Å²) >= 11 is 5.12. The van der Waals surface area contributed by atoms with Crippen molar-refractivity contribution in [2.24, 2.45) is 0 Å². The third-order valence-corrected chi connectivity index (χ3v) is 5.39. The first-order chi connectivity index (χ1) is 13.0. The number of anilines is 2. The normalized spacial score (nSPS) is 13.4. The summed E-state index contributed by atoms with van der Waals surface area (Å²) < 4.78 is 39.0. The van der Waals surface area contributed by atoms with E-state index in [-0.39, 0.29) is 4.90 Å². The molecular formula is C18H21N3O4S2. The maximum Gasteiger partial charge on any atom is 0.262 e. The van der Waals surface area contributed by atoms with Crippen molar-refractivity contribution < 1.29 is 17.9 Å². The molecule has 0 saturated heterocycles. The van der Waals surface area contributed by atoms with E-state index in [1.54, 1.807) is 30.3 Å². The van der Waals surface area contributed by atoms with E-state index in [2.05, 4.69) is 15.4 Å². The number of rotatable bonds is 5. The molecular weight excluding hydrogens is 386 g/mol. The first-order valence-electron chi connectivity index (χ1n) is 8.55. The van der Waals surface area contributed by atoms with Gasteiger partial charge in [-0.1, -0.05) is 0 Å². The van der Waals surface area contributed by atoms with Gasteiger partial charge in [0, 0.05) is 30.4 Å². The molecule has 1 aliphatic rings. The van der Waals surface area contributed by atoms with E-state index in [0.29, 0.717) is 35.5 Å². The van der Waals surface area contributed by atoms with Crippen LogP contribution in [0.1, 0.15) is 13.3 Å². The summed E-state index contributed by atoms with van der Waals surface area (Å²) in [5.74, 6) is 0.991. The SMILES string of the molecule is CCNC(=S)Nc1ccc(NS(=O)(=O)c2ccc3c(c2)OCCCO3)cc1. The van der Waals surface area contributed by atoms with Crippen LogP contribution in [0.3, 0.4) is 0 Å². The number of benzene rings is 2.